The molecule has 27 heavy (non-hydrogen) atoms. The molecule has 144 valence electrons. The number of hydrogen-bond donors (Lipinski definition) is 1. The zero-order valence-electron chi connectivity index (χ0n) is 15.3. The fourth-order valence-corrected chi connectivity index (χ4v) is 3.46. The Bertz CT molecular complexity index is 832. The molecule has 0 radical (unpaired) electrons. The van der Waals surface area contributed by atoms with Crippen molar-refractivity contribution in [2.45, 2.75) is 43.9 Å². The van der Waals surface area contributed by atoms with E-state index < -0.39 is 5.69 Å². The van der Waals surface area contributed by atoms with E-state index in [1.165, 1.54) is 10.9 Å². The summed E-state index contributed by atoms with van der Waals surface area (Å²) in [6.07, 6.45) is 5.43. The van der Waals surface area contributed by atoms with E-state index in [2.05, 4.69) is 15.4 Å². The molecule has 1 saturated carbocycles. The Balaban J connectivity index is 1.21. The van der Waals surface area contributed by atoms with Crippen molar-refractivity contribution in [1.82, 2.24) is 20.1 Å². The fraction of sp³-hybridized carbons (Fsp3) is 0.526. The summed E-state index contributed by atoms with van der Waals surface area (Å²) in [7, 11) is 1.57. The number of benzene rings is 1. The first kappa shape index (κ1) is 17.8. The third-order valence-corrected chi connectivity index (χ3v) is 4.99. The first-order chi connectivity index (χ1) is 13.2. The molecular weight excluding hydrogens is 348 g/mol. The van der Waals surface area contributed by atoms with Crippen molar-refractivity contribution in [3.63, 3.8) is 0 Å². The first-order valence-electron chi connectivity index (χ1n) is 9.36. The molecule has 1 fully saturated rings. The second-order valence-corrected chi connectivity index (χ2v) is 7.00. The second-order valence-electron chi connectivity index (χ2n) is 7.00. The zero-order chi connectivity index (χ0) is 18.6. The molecule has 0 spiro atoms. The summed E-state index contributed by atoms with van der Waals surface area (Å²) in [6, 6.07) is 8.18. The number of ether oxygens (including phenoxy) is 3. The standard InChI is InChI=1S/C19H24N4O4/c1-23-19(24)22-18(11-21-23)27-14-8-6-13(7-9-14)20-10-15-12-25-16-4-2-3-5-17(16)26-15/h2-5,11,13-15,20H,6-10,12H2,1H3. The maximum Gasteiger partial charge on any atom is 0.367 e. The molecule has 1 unspecified atom stereocenters. The van der Waals surface area contributed by atoms with Crippen molar-refractivity contribution in [3.05, 3.63) is 40.9 Å². The molecule has 1 aliphatic heterocycles. The van der Waals surface area contributed by atoms with Crippen molar-refractivity contribution in [2.75, 3.05) is 13.2 Å². The van der Waals surface area contributed by atoms with Gasteiger partial charge in [-0.15, -0.1) is 0 Å². The van der Waals surface area contributed by atoms with Gasteiger partial charge in [-0.05, 0) is 37.8 Å². The number of para-hydroxylation sites is 2. The highest BCUT2D eigenvalue weighted by Gasteiger charge is 2.25. The summed E-state index contributed by atoms with van der Waals surface area (Å²) in [5, 5.41) is 7.52. The monoisotopic (exact) mass is 372 g/mol. The van der Waals surface area contributed by atoms with Crippen LogP contribution in [0.15, 0.2) is 35.3 Å². The van der Waals surface area contributed by atoms with Crippen LogP contribution in [0.1, 0.15) is 25.7 Å². The number of hydrogen-bond acceptors (Lipinski definition) is 7. The summed E-state index contributed by atoms with van der Waals surface area (Å²) in [6.45, 7) is 1.31. The van der Waals surface area contributed by atoms with Gasteiger partial charge in [0.2, 0.25) is 5.88 Å². The van der Waals surface area contributed by atoms with Gasteiger partial charge >= 0.3 is 5.69 Å². The molecule has 8 heteroatoms. The number of nitrogens with zero attached hydrogens (tertiary/aromatic N) is 3. The predicted molar refractivity (Wildman–Crippen MR) is 98.3 cm³/mol. The number of nitrogens with one attached hydrogen (secondary N) is 1. The summed E-state index contributed by atoms with van der Waals surface area (Å²) < 4.78 is 18.7. The van der Waals surface area contributed by atoms with Gasteiger partial charge in [-0.25, -0.2) is 9.48 Å². The van der Waals surface area contributed by atoms with Crippen LogP contribution in [0.4, 0.5) is 0 Å². The van der Waals surface area contributed by atoms with E-state index in [9.17, 15) is 4.79 Å². The van der Waals surface area contributed by atoms with Gasteiger partial charge in [0.25, 0.3) is 0 Å². The molecule has 2 heterocycles. The molecule has 0 saturated heterocycles. The molecule has 1 N–H and O–H groups in total. The highest BCUT2D eigenvalue weighted by molar-refractivity contribution is 5.40. The second kappa shape index (κ2) is 7.96. The minimum absolute atomic E-state index is 0.0182. The van der Waals surface area contributed by atoms with Crippen LogP contribution in [0.2, 0.25) is 0 Å². The lowest BCUT2D eigenvalue weighted by Gasteiger charge is -2.31. The molecule has 4 rings (SSSR count). The topological polar surface area (TPSA) is 87.5 Å². The summed E-state index contributed by atoms with van der Waals surface area (Å²) in [5.41, 5.74) is -0.404. The lowest BCUT2D eigenvalue weighted by Crippen LogP contribution is -2.44. The summed E-state index contributed by atoms with van der Waals surface area (Å²) >= 11 is 0. The highest BCUT2D eigenvalue weighted by Crippen LogP contribution is 2.31. The highest BCUT2D eigenvalue weighted by atomic mass is 16.6. The average molecular weight is 372 g/mol. The van der Waals surface area contributed by atoms with Crippen LogP contribution in [0.3, 0.4) is 0 Å². The molecule has 8 nitrogen and oxygen atoms in total. The van der Waals surface area contributed by atoms with Crippen molar-refractivity contribution < 1.29 is 14.2 Å². The third-order valence-electron chi connectivity index (χ3n) is 4.99. The van der Waals surface area contributed by atoms with Crippen LogP contribution in [0.5, 0.6) is 17.4 Å². The average Bonchev–Trinajstić information content (AvgIpc) is 2.70. The Morgan fingerprint density at radius 1 is 1.22 bits per heavy atom. The van der Waals surface area contributed by atoms with Crippen LogP contribution in [0, 0.1) is 0 Å². The molecule has 2 aromatic rings. The fourth-order valence-electron chi connectivity index (χ4n) is 3.46. The van der Waals surface area contributed by atoms with Crippen LogP contribution >= 0.6 is 0 Å². The molecule has 0 amide bonds. The van der Waals surface area contributed by atoms with Crippen molar-refractivity contribution in [1.29, 1.82) is 0 Å². The van der Waals surface area contributed by atoms with E-state index in [1.807, 2.05) is 24.3 Å². The van der Waals surface area contributed by atoms with Gasteiger partial charge in [0, 0.05) is 19.6 Å². The number of aryl methyl sites for hydroxylation is 1. The summed E-state index contributed by atoms with van der Waals surface area (Å²) in [5.74, 6) is 1.92. The normalized spacial score (nSPS) is 24.4. The predicted octanol–water partition coefficient (Wildman–Crippen LogP) is 1.29. The molecule has 2 aliphatic rings. The largest absolute Gasteiger partial charge is 0.486 e. The Hall–Kier alpha value is -2.61. The molecule has 1 atom stereocenters. The van der Waals surface area contributed by atoms with E-state index >= 15 is 0 Å². The van der Waals surface area contributed by atoms with Gasteiger partial charge in [0.15, 0.2) is 11.5 Å². The van der Waals surface area contributed by atoms with Gasteiger partial charge in [-0.2, -0.15) is 10.1 Å². The van der Waals surface area contributed by atoms with Gasteiger partial charge < -0.3 is 19.5 Å². The molecule has 0 bridgehead atoms. The van der Waals surface area contributed by atoms with E-state index in [1.54, 1.807) is 7.05 Å². The van der Waals surface area contributed by atoms with E-state index in [-0.39, 0.29) is 12.2 Å². The van der Waals surface area contributed by atoms with Crippen molar-refractivity contribution >= 4 is 0 Å². The van der Waals surface area contributed by atoms with Gasteiger partial charge in [-0.3, -0.25) is 0 Å². The lowest BCUT2D eigenvalue weighted by atomic mass is 9.93. The van der Waals surface area contributed by atoms with Gasteiger partial charge in [0.1, 0.15) is 25.0 Å². The Kier molecular flexibility index (Phi) is 5.24. The molecule has 1 aromatic heterocycles. The van der Waals surface area contributed by atoms with E-state index in [0.29, 0.717) is 18.5 Å². The zero-order valence-corrected chi connectivity index (χ0v) is 15.3. The van der Waals surface area contributed by atoms with Gasteiger partial charge in [-0.1, -0.05) is 12.1 Å². The van der Waals surface area contributed by atoms with Crippen LogP contribution in [-0.2, 0) is 7.05 Å². The Morgan fingerprint density at radius 2 is 2.00 bits per heavy atom. The Labute approximate surface area is 157 Å². The third kappa shape index (κ3) is 4.39. The molecule has 1 aliphatic carbocycles. The lowest BCUT2D eigenvalue weighted by molar-refractivity contribution is 0.0822. The van der Waals surface area contributed by atoms with Crippen molar-refractivity contribution in [2.24, 2.45) is 7.05 Å². The molecule has 1 aromatic carbocycles. The van der Waals surface area contributed by atoms with E-state index in [0.717, 1.165) is 43.7 Å². The van der Waals surface area contributed by atoms with Crippen LogP contribution in [-0.4, -0.2) is 46.2 Å². The van der Waals surface area contributed by atoms with Crippen LogP contribution in [0.25, 0.3) is 0 Å². The SMILES string of the molecule is Cn1ncc(OC2CCC(NCC3COc4ccccc4O3)CC2)nc1=O. The smallest absolute Gasteiger partial charge is 0.367 e. The maximum absolute atomic E-state index is 11.5. The Morgan fingerprint density at radius 3 is 2.78 bits per heavy atom. The molecular formula is C19H24N4O4. The number of fused-ring (bicyclic) bond motifs is 1. The van der Waals surface area contributed by atoms with Crippen LogP contribution < -0.4 is 25.2 Å². The van der Waals surface area contributed by atoms with E-state index in [4.69, 9.17) is 14.2 Å². The summed E-state index contributed by atoms with van der Waals surface area (Å²) in [4.78, 5) is 15.4. The quantitative estimate of drug-likeness (QED) is 0.846. The minimum atomic E-state index is -0.404. The minimum Gasteiger partial charge on any atom is -0.486 e. The number of rotatable bonds is 5. The first-order valence-corrected chi connectivity index (χ1v) is 9.36. The van der Waals surface area contributed by atoms with Crippen molar-refractivity contribution in [3.8, 4) is 17.4 Å². The van der Waals surface area contributed by atoms with Gasteiger partial charge in [0.05, 0.1) is 0 Å². The number of aromatic nitrogens is 3. The maximum atomic E-state index is 11.5.